The zero-order chi connectivity index (χ0) is 13.5. The third-order valence-electron chi connectivity index (χ3n) is 2.46. The highest BCUT2D eigenvalue weighted by Crippen LogP contribution is 2.26. The van der Waals surface area contributed by atoms with E-state index in [9.17, 15) is 18.0 Å². The lowest BCUT2D eigenvalue weighted by atomic mass is 10.4. The zero-order valence-corrected chi connectivity index (χ0v) is 9.32. The highest BCUT2D eigenvalue weighted by Gasteiger charge is 2.34. The van der Waals surface area contributed by atoms with Gasteiger partial charge < -0.3 is 4.57 Å². The lowest BCUT2D eigenvalue weighted by Gasteiger charge is -2.06. The van der Waals surface area contributed by atoms with Crippen LogP contribution in [0.1, 0.15) is 11.4 Å². The Kier molecular flexibility index (Phi) is 2.66. The summed E-state index contributed by atoms with van der Waals surface area (Å²) in [5, 5.41) is 0. The third-order valence-corrected chi connectivity index (χ3v) is 2.46. The van der Waals surface area contributed by atoms with Gasteiger partial charge in [0.1, 0.15) is 0 Å². The molecule has 0 fully saturated rings. The van der Waals surface area contributed by atoms with Gasteiger partial charge >= 0.3 is 6.18 Å². The maximum Gasteiger partial charge on any atom is 0.433 e. The molecule has 0 aromatic carbocycles. The van der Waals surface area contributed by atoms with Crippen LogP contribution in [-0.2, 0) is 12.7 Å². The van der Waals surface area contributed by atoms with Crippen LogP contribution in [0.4, 0.5) is 13.2 Å². The number of aromatic nitrogens is 3. The summed E-state index contributed by atoms with van der Waals surface area (Å²) in [5.41, 5.74) is -1.44. The molecule has 0 saturated carbocycles. The lowest BCUT2D eigenvalue weighted by Crippen LogP contribution is -2.20. The van der Waals surface area contributed by atoms with Gasteiger partial charge in [-0.05, 0) is 6.92 Å². The average molecular weight is 255 g/mol. The van der Waals surface area contributed by atoms with E-state index in [1.54, 1.807) is 6.92 Å². The summed E-state index contributed by atoms with van der Waals surface area (Å²) in [5.74, 6) is 2.20. The molecule has 18 heavy (non-hydrogen) atoms. The van der Waals surface area contributed by atoms with Crippen LogP contribution >= 0.6 is 0 Å². The molecule has 0 amide bonds. The van der Waals surface area contributed by atoms with Crippen LogP contribution in [0.3, 0.4) is 0 Å². The van der Waals surface area contributed by atoms with Gasteiger partial charge in [0.2, 0.25) is 5.78 Å². The second kappa shape index (κ2) is 3.91. The predicted molar refractivity (Wildman–Crippen MR) is 58.0 cm³/mol. The molecule has 0 radical (unpaired) electrons. The molecule has 0 aliphatic carbocycles. The van der Waals surface area contributed by atoms with Crippen molar-refractivity contribution < 1.29 is 13.2 Å². The quantitative estimate of drug-likeness (QED) is 0.724. The Balaban J connectivity index is 2.82. The summed E-state index contributed by atoms with van der Waals surface area (Å²) in [6.45, 7) is 1.69. The largest absolute Gasteiger partial charge is 0.433 e. The Morgan fingerprint density at radius 1 is 1.50 bits per heavy atom. The van der Waals surface area contributed by atoms with Crippen LogP contribution in [0.25, 0.3) is 5.78 Å². The lowest BCUT2D eigenvalue weighted by molar-refractivity contribution is -0.141. The highest BCUT2D eigenvalue weighted by molar-refractivity contribution is 5.35. The number of hydrogen-bond acceptors (Lipinski definition) is 2. The minimum absolute atomic E-state index is 0.0517. The second-order valence-electron chi connectivity index (χ2n) is 3.71. The topological polar surface area (TPSA) is 39.3 Å². The summed E-state index contributed by atoms with van der Waals surface area (Å²) >= 11 is 0. The van der Waals surface area contributed by atoms with E-state index in [4.69, 9.17) is 6.42 Å². The minimum Gasteiger partial charge on any atom is -0.303 e. The number of rotatable bonds is 1. The Bertz CT molecular complexity index is 703. The van der Waals surface area contributed by atoms with Crippen molar-refractivity contribution in [3.63, 3.8) is 0 Å². The van der Waals surface area contributed by atoms with Crippen LogP contribution in [0.15, 0.2) is 17.1 Å². The van der Waals surface area contributed by atoms with Gasteiger partial charge in [-0.2, -0.15) is 13.2 Å². The third kappa shape index (κ3) is 1.86. The number of terminal acetylenes is 1. The van der Waals surface area contributed by atoms with E-state index in [0.29, 0.717) is 11.8 Å². The first-order valence-electron chi connectivity index (χ1n) is 4.95. The SMILES string of the molecule is C#CCn1c(C)cn2c(=O)cc(C(F)(F)F)nc12. The van der Waals surface area contributed by atoms with Gasteiger partial charge in [-0.15, -0.1) is 6.42 Å². The summed E-state index contributed by atoms with van der Waals surface area (Å²) in [6, 6.07) is 0.465. The minimum atomic E-state index is -4.66. The molecule has 0 saturated heterocycles. The van der Waals surface area contributed by atoms with E-state index in [1.807, 2.05) is 0 Å². The number of nitrogens with zero attached hydrogens (tertiary/aromatic N) is 3. The fraction of sp³-hybridized carbons (Fsp3) is 0.273. The van der Waals surface area contributed by atoms with E-state index in [2.05, 4.69) is 10.9 Å². The van der Waals surface area contributed by atoms with Crippen LogP contribution in [0, 0.1) is 19.3 Å². The number of halogens is 3. The standard InChI is InChI=1S/C11H8F3N3O/c1-3-4-16-7(2)6-17-9(18)5-8(11(12,13)14)15-10(16)17/h1,5-6H,4H2,2H3. The molecular weight excluding hydrogens is 247 g/mol. The van der Waals surface area contributed by atoms with Crippen LogP contribution < -0.4 is 5.56 Å². The van der Waals surface area contributed by atoms with E-state index in [0.717, 1.165) is 4.40 Å². The normalized spacial score (nSPS) is 11.7. The molecule has 0 aliphatic heterocycles. The molecule has 2 aromatic rings. The molecule has 2 rings (SSSR count). The summed E-state index contributed by atoms with van der Waals surface area (Å²) < 4.78 is 40.1. The molecule has 2 heterocycles. The van der Waals surface area contributed by atoms with Crippen molar-refractivity contribution in [2.45, 2.75) is 19.6 Å². The van der Waals surface area contributed by atoms with Gasteiger partial charge in [0.25, 0.3) is 5.56 Å². The smallest absolute Gasteiger partial charge is 0.303 e. The summed E-state index contributed by atoms with van der Waals surface area (Å²) in [4.78, 5) is 15.0. The van der Waals surface area contributed by atoms with Crippen molar-refractivity contribution in [3.05, 3.63) is 34.0 Å². The van der Waals surface area contributed by atoms with Crippen molar-refractivity contribution in [1.29, 1.82) is 0 Å². The molecule has 7 heteroatoms. The summed E-state index contributed by atoms with van der Waals surface area (Å²) in [6.07, 6.45) is 1.88. The molecule has 0 unspecified atom stereocenters. The van der Waals surface area contributed by atoms with Gasteiger partial charge in [0, 0.05) is 18.0 Å². The molecule has 0 atom stereocenters. The molecule has 2 aromatic heterocycles. The zero-order valence-electron chi connectivity index (χ0n) is 9.32. The number of aryl methyl sites for hydroxylation is 1. The number of alkyl halides is 3. The average Bonchev–Trinajstić information content (AvgIpc) is 2.56. The first-order valence-corrected chi connectivity index (χ1v) is 4.95. The summed E-state index contributed by atoms with van der Waals surface area (Å²) in [7, 11) is 0. The molecular formula is C11H8F3N3O. The van der Waals surface area contributed by atoms with E-state index < -0.39 is 17.4 Å². The van der Waals surface area contributed by atoms with Crippen LogP contribution in [-0.4, -0.2) is 14.0 Å². The van der Waals surface area contributed by atoms with Crippen molar-refractivity contribution in [3.8, 4) is 12.3 Å². The molecule has 4 nitrogen and oxygen atoms in total. The molecule has 0 aliphatic rings. The Morgan fingerprint density at radius 2 is 2.17 bits per heavy atom. The highest BCUT2D eigenvalue weighted by atomic mass is 19.4. The first-order chi connectivity index (χ1) is 8.34. The van der Waals surface area contributed by atoms with Gasteiger partial charge in [-0.1, -0.05) is 5.92 Å². The number of fused-ring (bicyclic) bond motifs is 1. The Labute approximate surface area is 99.7 Å². The van der Waals surface area contributed by atoms with Gasteiger partial charge in [0.15, 0.2) is 5.69 Å². The van der Waals surface area contributed by atoms with E-state index in [-0.39, 0.29) is 12.3 Å². The predicted octanol–water partition coefficient (Wildman–Crippen LogP) is 1.46. The fourth-order valence-electron chi connectivity index (χ4n) is 1.64. The Hall–Kier alpha value is -2.23. The number of hydrogen-bond donors (Lipinski definition) is 0. The molecule has 0 N–H and O–H groups in total. The van der Waals surface area contributed by atoms with Gasteiger partial charge in [-0.3, -0.25) is 9.20 Å². The molecule has 0 spiro atoms. The van der Waals surface area contributed by atoms with Crippen LogP contribution in [0.5, 0.6) is 0 Å². The van der Waals surface area contributed by atoms with Gasteiger partial charge in [-0.25, -0.2) is 4.98 Å². The van der Waals surface area contributed by atoms with Crippen molar-refractivity contribution in [2.75, 3.05) is 0 Å². The van der Waals surface area contributed by atoms with Crippen molar-refractivity contribution >= 4 is 5.78 Å². The van der Waals surface area contributed by atoms with Crippen molar-refractivity contribution in [2.24, 2.45) is 0 Å². The Morgan fingerprint density at radius 3 is 2.72 bits per heavy atom. The fourth-order valence-corrected chi connectivity index (χ4v) is 1.64. The molecule has 0 bridgehead atoms. The van der Waals surface area contributed by atoms with Gasteiger partial charge in [0.05, 0.1) is 6.54 Å². The molecule has 94 valence electrons. The van der Waals surface area contributed by atoms with Crippen molar-refractivity contribution in [1.82, 2.24) is 14.0 Å². The monoisotopic (exact) mass is 255 g/mol. The number of imidazole rings is 1. The van der Waals surface area contributed by atoms with Crippen LogP contribution in [0.2, 0.25) is 0 Å². The maximum absolute atomic E-state index is 12.6. The van der Waals surface area contributed by atoms with E-state index >= 15 is 0 Å². The van der Waals surface area contributed by atoms with E-state index in [1.165, 1.54) is 10.8 Å². The second-order valence-corrected chi connectivity index (χ2v) is 3.71. The maximum atomic E-state index is 12.6. The first kappa shape index (κ1) is 12.2.